The summed E-state index contributed by atoms with van der Waals surface area (Å²) in [6, 6.07) is 10.6. The van der Waals surface area contributed by atoms with E-state index in [2.05, 4.69) is 22.8 Å². The molecule has 4 nitrogen and oxygen atoms in total. The third-order valence-electron chi connectivity index (χ3n) is 1.97. The highest BCUT2D eigenvalue weighted by Gasteiger charge is 2.12. The molecule has 0 atom stereocenters. The molecule has 1 aromatic carbocycles. The van der Waals surface area contributed by atoms with Crippen LogP contribution in [0.1, 0.15) is 0 Å². The van der Waals surface area contributed by atoms with E-state index in [9.17, 15) is 4.79 Å². The lowest BCUT2D eigenvalue weighted by Crippen LogP contribution is -2.01. The van der Waals surface area contributed by atoms with Gasteiger partial charge in [0.15, 0.2) is 10.9 Å². The molecule has 0 unspecified atom stereocenters. The van der Waals surface area contributed by atoms with E-state index in [4.69, 9.17) is 16.3 Å². The van der Waals surface area contributed by atoms with Gasteiger partial charge in [-0.3, -0.25) is 0 Å². The van der Waals surface area contributed by atoms with E-state index in [1.807, 2.05) is 30.3 Å². The highest BCUT2D eigenvalue weighted by atomic mass is 35.5. The molecular formula is C11H7ClN2O2S. The van der Waals surface area contributed by atoms with Crippen LogP contribution in [0.3, 0.4) is 0 Å². The lowest BCUT2D eigenvalue weighted by atomic mass is 10.1. The van der Waals surface area contributed by atoms with Gasteiger partial charge in [0.2, 0.25) is 0 Å². The molecule has 0 aliphatic carbocycles. The first-order valence-electron chi connectivity index (χ1n) is 4.66. The van der Waals surface area contributed by atoms with Crippen LogP contribution in [-0.2, 0) is 0 Å². The van der Waals surface area contributed by atoms with Gasteiger partial charge in [0.05, 0.1) is 0 Å². The van der Waals surface area contributed by atoms with Crippen LogP contribution >= 0.6 is 24.2 Å². The van der Waals surface area contributed by atoms with Crippen LogP contribution in [0.4, 0.5) is 4.79 Å². The normalized spacial score (nSPS) is 10.0. The Morgan fingerprint density at radius 1 is 1.24 bits per heavy atom. The van der Waals surface area contributed by atoms with Crippen molar-refractivity contribution >= 4 is 29.5 Å². The molecule has 0 fully saturated rings. The van der Waals surface area contributed by atoms with Crippen LogP contribution in [0.25, 0.3) is 11.3 Å². The number of halogens is 1. The molecule has 86 valence electrons. The number of carbonyl (C=O) groups excluding carboxylic acids is 1. The van der Waals surface area contributed by atoms with Crippen LogP contribution in [0, 0.1) is 0 Å². The zero-order chi connectivity index (χ0) is 12.3. The Hall–Kier alpha value is -1.59. The number of hydrogen-bond donors (Lipinski definition) is 1. The summed E-state index contributed by atoms with van der Waals surface area (Å²) in [7, 11) is 0. The molecule has 0 radical (unpaired) electrons. The van der Waals surface area contributed by atoms with E-state index in [1.165, 1.54) is 6.07 Å². The molecule has 0 saturated heterocycles. The van der Waals surface area contributed by atoms with Gasteiger partial charge in [-0.15, -0.1) is 10.2 Å². The van der Waals surface area contributed by atoms with Gasteiger partial charge in [-0.25, -0.2) is 4.79 Å². The third-order valence-corrected chi connectivity index (χ3v) is 2.25. The van der Waals surface area contributed by atoms with Crippen molar-refractivity contribution in [3.8, 4) is 17.0 Å². The summed E-state index contributed by atoms with van der Waals surface area (Å²) in [5.74, 6) is 0.233. The predicted molar refractivity (Wildman–Crippen MR) is 67.5 cm³/mol. The van der Waals surface area contributed by atoms with Crippen molar-refractivity contribution in [3.63, 3.8) is 0 Å². The Bertz CT molecular complexity index is 548. The van der Waals surface area contributed by atoms with Gasteiger partial charge < -0.3 is 4.74 Å². The Morgan fingerprint density at radius 3 is 2.59 bits per heavy atom. The van der Waals surface area contributed by atoms with Gasteiger partial charge in [-0.2, -0.15) is 0 Å². The first-order chi connectivity index (χ1) is 8.16. The van der Waals surface area contributed by atoms with Crippen LogP contribution in [0.2, 0.25) is 5.15 Å². The molecule has 0 bridgehead atoms. The minimum atomic E-state index is -0.730. The number of aromatic nitrogens is 2. The number of hydrogen-bond acceptors (Lipinski definition) is 4. The Balaban J connectivity index is 2.50. The van der Waals surface area contributed by atoms with E-state index >= 15 is 0 Å². The first kappa shape index (κ1) is 11.9. The van der Waals surface area contributed by atoms with Crippen molar-refractivity contribution < 1.29 is 9.53 Å². The summed E-state index contributed by atoms with van der Waals surface area (Å²) < 4.78 is 4.92. The molecule has 17 heavy (non-hydrogen) atoms. The monoisotopic (exact) mass is 266 g/mol. The van der Waals surface area contributed by atoms with E-state index in [0.717, 1.165) is 5.56 Å². The van der Waals surface area contributed by atoms with Gasteiger partial charge >= 0.3 is 5.30 Å². The summed E-state index contributed by atoms with van der Waals surface area (Å²) >= 11 is 9.25. The number of benzene rings is 1. The maximum Gasteiger partial charge on any atom is 0.369 e. The first-order valence-corrected chi connectivity index (χ1v) is 5.49. The molecule has 1 aromatic heterocycles. The molecular weight excluding hydrogens is 260 g/mol. The Kier molecular flexibility index (Phi) is 3.61. The van der Waals surface area contributed by atoms with E-state index in [0.29, 0.717) is 5.69 Å². The molecule has 0 aliphatic rings. The van der Waals surface area contributed by atoms with Crippen molar-refractivity contribution in [1.82, 2.24) is 10.2 Å². The molecule has 0 amide bonds. The standard InChI is InChI=1S/C11H7ClN2O2S/c12-9-6-8(16-11(15)17)10(14-13-9)7-4-2-1-3-5-7/h1-6H,(H,15,17). The fraction of sp³-hybridized carbons (Fsp3) is 0. The minimum absolute atomic E-state index is 0.147. The Labute approximate surface area is 108 Å². The van der Waals surface area contributed by atoms with Gasteiger partial charge in [0.1, 0.15) is 5.69 Å². The van der Waals surface area contributed by atoms with E-state index < -0.39 is 5.30 Å². The maximum atomic E-state index is 10.9. The number of nitrogens with zero attached hydrogens (tertiary/aromatic N) is 2. The van der Waals surface area contributed by atoms with Crippen molar-refractivity contribution in [1.29, 1.82) is 0 Å². The molecule has 0 N–H and O–H groups in total. The summed E-state index contributed by atoms with van der Waals surface area (Å²) in [5.41, 5.74) is 1.22. The minimum Gasteiger partial charge on any atom is -0.416 e. The average molecular weight is 267 g/mol. The zero-order valence-electron chi connectivity index (χ0n) is 8.50. The highest BCUT2D eigenvalue weighted by Crippen LogP contribution is 2.29. The molecule has 2 rings (SSSR count). The fourth-order valence-corrected chi connectivity index (χ4v) is 1.56. The second kappa shape index (κ2) is 5.16. The zero-order valence-corrected chi connectivity index (χ0v) is 10.2. The molecule has 0 aliphatic heterocycles. The lowest BCUT2D eigenvalue weighted by Gasteiger charge is -2.06. The topological polar surface area (TPSA) is 52.1 Å². The molecule has 0 spiro atoms. The number of rotatable bonds is 2. The van der Waals surface area contributed by atoms with Crippen LogP contribution < -0.4 is 4.74 Å². The molecule has 6 heteroatoms. The largest absolute Gasteiger partial charge is 0.416 e. The van der Waals surface area contributed by atoms with Gasteiger partial charge in [0, 0.05) is 11.6 Å². The van der Waals surface area contributed by atoms with Crippen molar-refractivity contribution in [2.45, 2.75) is 0 Å². The SMILES string of the molecule is O=C(S)Oc1cc(Cl)nnc1-c1ccccc1. The number of carbonyl (C=O) groups is 1. The maximum absolute atomic E-state index is 10.9. The summed E-state index contributed by atoms with van der Waals surface area (Å²) in [6.07, 6.45) is 0. The Morgan fingerprint density at radius 2 is 1.94 bits per heavy atom. The van der Waals surface area contributed by atoms with Gasteiger partial charge in [0.25, 0.3) is 0 Å². The van der Waals surface area contributed by atoms with Crippen molar-refractivity contribution in [2.75, 3.05) is 0 Å². The van der Waals surface area contributed by atoms with Gasteiger partial charge in [-0.1, -0.05) is 54.6 Å². The van der Waals surface area contributed by atoms with Gasteiger partial charge in [-0.05, 0) is 0 Å². The predicted octanol–water partition coefficient (Wildman–Crippen LogP) is 3.23. The lowest BCUT2D eigenvalue weighted by molar-refractivity contribution is 0.227. The highest BCUT2D eigenvalue weighted by molar-refractivity contribution is 7.96. The summed E-state index contributed by atoms with van der Waals surface area (Å²) in [5, 5.41) is 7.05. The van der Waals surface area contributed by atoms with Crippen molar-refractivity contribution in [2.24, 2.45) is 0 Å². The third kappa shape index (κ3) is 2.95. The van der Waals surface area contributed by atoms with E-state index in [1.54, 1.807) is 0 Å². The molecule has 1 heterocycles. The van der Waals surface area contributed by atoms with Crippen LogP contribution in [-0.4, -0.2) is 15.5 Å². The summed E-state index contributed by atoms with van der Waals surface area (Å²) in [4.78, 5) is 10.9. The molecule has 2 aromatic rings. The number of ether oxygens (including phenoxy) is 1. The number of thiol groups is 1. The fourth-order valence-electron chi connectivity index (χ4n) is 1.32. The average Bonchev–Trinajstić information content (AvgIpc) is 2.29. The van der Waals surface area contributed by atoms with Crippen LogP contribution in [0.5, 0.6) is 5.75 Å². The quantitative estimate of drug-likeness (QED) is 0.670. The second-order valence-corrected chi connectivity index (χ2v) is 3.87. The van der Waals surface area contributed by atoms with Crippen molar-refractivity contribution in [3.05, 3.63) is 41.6 Å². The smallest absolute Gasteiger partial charge is 0.369 e. The van der Waals surface area contributed by atoms with E-state index in [-0.39, 0.29) is 10.9 Å². The summed E-state index contributed by atoms with van der Waals surface area (Å²) in [6.45, 7) is 0. The second-order valence-electron chi connectivity index (χ2n) is 3.11. The van der Waals surface area contributed by atoms with Crippen LogP contribution in [0.15, 0.2) is 36.4 Å². The molecule has 0 saturated carbocycles.